The Morgan fingerprint density at radius 1 is 1.06 bits per heavy atom. The van der Waals surface area contributed by atoms with Crippen LogP contribution in [0.3, 0.4) is 0 Å². The summed E-state index contributed by atoms with van der Waals surface area (Å²) in [5.74, 6) is 1.84. The molecule has 3 fully saturated rings. The zero-order chi connectivity index (χ0) is 23.2. The number of aromatic nitrogens is 3. The first-order chi connectivity index (χ1) is 16.5. The van der Waals surface area contributed by atoms with Gasteiger partial charge in [0.05, 0.1) is 18.3 Å². The molecule has 34 heavy (non-hydrogen) atoms. The fraction of sp³-hybridized carbons (Fsp3) is 0.560. The molecule has 3 aromatic rings. The Morgan fingerprint density at radius 3 is 2.56 bits per heavy atom. The van der Waals surface area contributed by atoms with Crippen LogP contribution in [0, 0.1) is 19.7 Å². The molecule has 1 saturated carbocycles. The van der Waals surface area contributed by atoms with E-state index in [1.165, 1.54) is 6.07 Å². The normalized spacial score (nSPS) is 21.5. The van der Waals surface area contributed by atoms with Crippen molar-refractivity contribution in [3.8, 4) is 17.2 Å². The topological polar surface area (TPSA) is 85.5 Å². The number of hydrogen-bond acceptors (Lipinski definition) is 8. The van der Waals surface area contributed by atoms with E-state index < -0.39 is 0 Å². The lowest BCUT2D eigenvalue weighted by Crippen LogP contribution is -2.46. The molecule has 4 heterocycles. The van der Waals surface area contributed by atoms with Gasteiger partial charge in [0.15, 0.2) is 11.6 Å². The number of nitrogens with one attached hydrogen (secondary N) is 1. The largest absolute Gasteiger partial charge is 0.490 e. The van der Waals surface area contributed by atoms with Crippen LogP contribution in [0.25, 0.3) is 22.4 Å². The molecule has 0 unspecified atom stereocenters. The molecule has 1 aromatic carbocycles. The van der Waals surface area contributed by atoms with Gasteiger partial charge >= 0.3 is 0 Å². The van der Waals surface area contributed by atoms with E-state index >= 15 is 4.39 Å². The number of nitrogens with zero attached hydrogens (tertiary/aromatic N) is 4. The van der Waals surface area contributed by atoms with Gasteiger partial charge in [-0.15, -0.1) is 0 Å². The molecule has 2 aromatic heterocycles. The predicted molar refractivity (Wildman–Crippen MR) is 126 cm³/mol. The van der Waals surface area contributed by atoms with E-state index in [9.17, 15) is 0 Å². The number of piperidine rings is 1. The second-order valence-electron chi connectivity index (χ2n) is 9.69. The maximum absolute atomic E-state index is 15.2. The van der Waals surface area contributed by atoms with E-state index in [0.717, 1.165) is 69.5 Å². The summed E-state index contributed by atoms with van der Waals surface area (Å²) >= 11 is 0. The number of pyridine rings is 1. The molecule has 9 heteroatoms. The summed E-state index contributed by atoms with van der Waals surface area (Å²) in [7, 11) is 0. The van der Waals surface area contributed by atoms with Crippen molar-refractivity contribution in [1.82, 2.24) is 20.4 Å². The van der Waals surface area contributed by atoms with Crippen LogP contribution in [0.2, 0.25) is 0 Å². The van der Waals surface area contributed by atoms with Gasteiger partial charge in [-0.25, -0.2) is 9.37 Å². The summed E-state index contributed by atoms with van der Waals surface area (Å²) in [6.07, 6.45) is 5.25. The van der Waals surface area contributed by atoms with E-state index in [1.807, 2.05) is 13.0 Å². The first-order valence-corrected chi connectivity index (χ1v) is 12.2. The van der Waals surface area contributed by atoms with Gasteiger partial charge in [0.2, 0.25) is 0 Å². The predicted octanol–water partition coefficient (Wildman–Crippen LogP) is 3.93. The highest BCUT2D eigenvalue weighted by molar-refractivity contribution is 5.93. The Balaban J connectivity index is 1.36. The third-order valence-electron chi connectivity index (χ3n) is 7.02. The van der Waals surface area contributed by atoms with E-state index in [-0.39, 0.29) is 11.9 Å². The molecule has 8 nitrogen and oxygen atoms in total. The average molecular weight is 468 g/mol. The first-order valence-electron chi connectivity index (χ1n) is 12.2. The second-order valence-corrected chi connectivity index (χ2v) is 9.69. The van der Waals surface area contributed by atoms with Crippen molar-refractivity contribution in [1.29, 1.82) is 0 Å². The highest BCUT2D eigenvalue weighted by Gasteiger charge is 2.30. The summed E-state index contributed by atoms with van der Waals surface area (Å²) in [5, 5.41) is 8.44. The molecule has 1 aliphatic carbocycles. The van der Waals surface area contributed by atoms with Crippen LogP contribution in [0.15, 0.2) is 16.7 Å². The monoisotopic (exact) mass is 467 g/mol. The highest BCUT2D eigenvalue weighted by Crippen LogP contribution is 2.39. The van der Waals surface area contributed by atoms with Gasteiger partial charge in [-0.1, -0.05) is 5.16 Å². The number of ether oxygens (including phenoxy) is 2. The Bertz CT molecular complexity index is 1200. The SMILES string of the molecule is Cc1noc(-c2c(N3CCC(N[C@H]4CCOC4)CC3)nc3c(F)cc(OC4CC4)cc3c2C)n1. The minimum absolute atomic E-state index is 0.188. The first kappa shape index (κ1) is 21.7. The fourth-order valence-electron chi connectivity index (χ4n) is 5.02. The number of rotatable bonds is 6. The van der Waals surface area contributed by atoms with Crippen molar-refractivity contribution >= 4 is 16.7 Å². The molecule has 0 spiro atoms. The molecule has 1 N–H and O–H groups in total. The van der Waals surface area contributed by atoms with Crippen molar-refractivity contribution in [2.45, 2.75) is 64.1 Å². The number of anilines is 1. The minimum atomic E-state index is -0.372. The number of aryl methyl sites for hydroxylation is 2. The zero-order valence-electron chi connectivity index (χ0n) is 19.6. The summed E-state index contributed by atoms with van der Waals surface area (Å²) in [5.41, 5.74) is 1.98. The van der Waals surface area contributed by atoms with Crippen LogP contribution >= 0.6 is 0 Å². The summed E-state index contributed by atoms with van der Waals surface area (Å²) in [6, 6.07) is 4.22. The Morgan fingerprint density at radius 2 is 1.88 bits per heavy atom. The van der Waals surface area contributed by atoms with Crippen LogP contribution in [-0.4, -0.2) is 59.6 Å². The lowest BCUT2D eigenvalue weighted by atomic mass is 9.99. The lowest BCUT2D eigenvalue weighted by Gasteiger charge is -2.35. The molecular weight excluding hydrogens is 437 g/mol. The maximum atomic E-state index is 15.2. The molecule has 1 atom stereocenters. The molecule has 2 aliphatic heterocycles. The molecule has 0 bridgehead atoms. The Hall–Kier alpha value is -2.78. The van der Waals surface area contributed by atoms with E-state index in [4.69, 9.17) is 19.0 Å². The van der Waals surface area contributed by atoms with Gasteiger partial charge in [-0.3, -0.25) is 0 Å². The van der Waals surface area contributed by atoms with Crippen LogP contribution in [0.1, 0.15) is 43.5 Å². The third-order valence-corrected chi connectivity index (χ3v) is 7.02. The lowest BCUT2D eigenvalue weighted by molar-refractivity contribution is 0.186. The maximum Gasteiger partial charge on any atom is 0.261 e. The number of halogens is 1. The molecule has 180 valence electrons. The van der Waals surface area contributed by atoms with Crippen molar-refractivity contribution in [2.75, 3.05) is 31.2 Å². The highest BCUT2D eigenvalue weighted by atomic mass is 19.1. The van der Waals surface area contributed by atoms with Crippen LogP contribution in [0.5, 0.6) is 5.75 Å². The van der Waals surface area contributed by atoms with Crippen molar-refractivity contribution in [3.05, 3.63) is 29.3 Å². The Kier molecular flexibility index (Phi) is 5.61. The third kappa shape index (κ3) is 4.22. The quantitative estimate of drug-likeness (QED) is 0.584. The molecule has 6 rings (SSSR count). The van der Waals surface area contributed by atoms with Gasteiger partial charge in [0.25, 0.3) is 5.89 Å². The Labute approximate surface area is 197 Å². The molecular formula is C25H30FN5O3. The standard InChI is InChI=1S/C25H30FN5O3/c1-14-20-11-19(33-18-3-4-18)12-21(26)23(20)29-24(22(14)25-27-15(2)30-34-25)31-8-5-16(6-9-31)28-17-7-10-32-13-17/h11-12,16-18,28H,3-10,13H2,1-2H3/t17-/m0/s1. The molecule has 3 aliphatic rings. The minimum Gasteiger partial charge on any atom is -0.490 e. The van der Waals surface area contributed by atoms with Gasteiger partial charge < -0.3 is 24.2 Å². The van der Waals surface area contributed by atoms with Gasteiger partial charge in [0.1, 0.15) is 17.1 Å². The van der Waals surface area contributed by atoms with Gasteiger partial charge in [-0.2, -0.15) is 4.98 Å². The number of fused-ring (bicyclic) bond motifs is 1. The molecule has 0 amide bonds. The van der Waals surface area contributed by atoms with E-state index in [2.05, 4.69) is 20.4 Å². The molecule has 0 radical (unpaired) electrons. The van der Waals surface area contributed by atoms with Crippen LogP contribution < -0.4 is 15.0 Å². The van der Waals surface area contributed by atoms with Gasteiger partial charge in [0, 0.05) is 43.2 Å². The smallest absolute Gasteiger partial charge is 0.261 e. The van der Waals surface area contributed by atoms with Crippen LogP contribution in [-0.2, 0) is 4.74 Å². The van der Waals surface area contributed by atoms with Crippen molar-refractivity contribution in [3.63, 3.8) is 0 Å². The van der Waals surface area contributed by atoms with E-state index in [1.54, 1.807) is 6.92 Å². The average Bonchev–Trinajstić information content (AvgIpc) is 3.29. The fourth-order valence-corrected chi connectivity index (χ4v) is 5.02. The summed E-state index contributed by atoms with van der Waals surface area (Å²) in [6.45, 7) is 7.02. The van der Waals surface area contributed by atoms with Crippen molar-refractivity contribution < 1.29 is 18.4 Å². The van der Waals surface area contributed by atoms with E-state index in [0.29, 0.717) is 46.3 Å². The van der Waals surface area contributed by atoms with Crippen molar-refractivity contribution in [2.24, 2.45) is 0 Å². The summed E-state index contributed by atoms with van der Waals surface area (Å²) < 4.78 is 32.2. The number of hydrogen-bond donors (Lipinski definition) is 1. The molecule has 2 saturated heterocycles. The second kappa shape index (κ2) is 8.78. The van der Waals surface area contributed by atoms with Gasteiger partial charge in [-0.05, 0) is 57.6 Å². The van der Waals surface area contributed by atoms with Crippen LogP contribution in [0.4, 0.5) is 10.2 Å². The summed E-state index contributed by atoms with van der Waals surface area (Å²) in [4.78, 5) is 11.6. The number of benzene rings is 1. The zero-order valence-corrected chi connectivity index (χ0v) is 19.6.